The first-order valence-corrected chi connectivity index (χ1v) is 9.70. The topological polar surface area (TPSA) is 92.0 Å². The Balaban J connectivity index is 2.33. The van der Waals surface area contributed by atoms with Crippen molar-refractivity contribution in [3.63, 3.8) is 0 Å². The fourth-order valence-electron chi connectivity index (χ4n) is 2.69. The standard InChI is InChI=1S/C21H33BN2O5/c1-19(2,3)27-18(25)24-13-15(22-28-20(4,5)21(6,7)29-22)11-14-12-16(26-8)9-10-17(14)23/h9-12H,13,23H2,1-8H3,(H,24,25). The SMILES string of the molecule is COc1ccc(N)c(C=C(CNC(=O)OC(C)(C)C)B2OC(C)(C)C(C)(C)O2)c1. The maximum Gasteiger partial charge on any atom is 0.492 e. The number of hydrogen-bond donors (Lipinski definition) is 2. The normalized spacial score (nSPS) is 18.5. The van der Waals surface area contributed by atoms with Crippen molar-refractivity contribution in [3.05, 3.63) is 29.2 Å². The van der Waals surface area contributed by atoms with Crippen molar-refractivity contribution in [2.24, 2.45) is 0 Å². The lowest BCUT2D eigenvalue weighted by atomic mass is 9.77. The van der Waals surface area contributed by atoms with E-state index in [1.807, 2.05) is 60.6 Å². The van der Waals surface area contributed by atoms with Gasteiger partial charge in [-0.1, -0.05) is 6.08 Å². The number of nitrogens with two attached hydrogens (primary N) is 1. The quantitative estimate of drug-likeness (QED) is 0.573. The van der Waals surface area contributed by atoms with Gasteiger partial charge in [-0.05, 0) is 72.1 Å². The van der Waals surface area contributed by atoms with Gasteiger partial charge in [-0.2, -0.15) is 0 Å². The highest BCUT2D eigenvalue weighted by atomic mass is 16.7. The third kappa shape index (κ3) is 5.90. The van der Waals surface area contributed by atoms with E-state index in [0.29, 0.717) is 11.4 Å². The molecular weight excluding hydrogens is 371 g/mol. The molecule has 0 saturated carbocycles. The number of nitrogens with one attached hydrogen (secondary N) is 1. The summed E-state index contributed by atoms with van der Waals surface area (Å²) in [6, 6.07) is 5.39. The van der Waals surface area contributed by atoms with E-state index in [0.717, 1.165) is 11.0 Å². The minimum atomic E-state index is -0.638. The molecule has 1 amide bonds. The van der Waals surface area contributed by atoms with Crippen molar-refractivity contribution in [1.82, 2.24) is 5.32 Å². The van der Waals surface area contributed by atoms with Gasteiger partial charge in [-0.15, -0.1) is 0 Å². The molecule has 29 heavy (non-hydrogen) atoms. The second-order valence-corrected chi connectivity index (χ2v) is 9.16. The van der Waals surface area contributed by atoms with Crippen molar-refractivity contribution < 1.29 is 23.6 Å². The molecule has 1 heterocycles. The molecule has 1 fully saturated rings. The van der Waals surface area contributed by atoms with E-state index in [-0.39, 0.29) is 6.54 Å². The summed E-state index contributed by atoms with van der Waals surface area (Å²) in [5.74, 6) is 0.679. The molecule has 7 nitrogen and oxygen atoms in total. The fraction of sp³-hybridized carbons (Fsp3) is 0.571. The summed E-state index contributed by atoms with van der Waals surface area (Å²) in [4.78, 5) is 12.2. The van der Waals surface area contributed by atoms with Crippen LogP contribution in [-0.4, -0.2) is 43.7 Å². The molecule has 1 saturated heterocycles. The van der Waals surface area contributed by atoms with Crippen LogP contribution in [0.5, 0.6) is 5.75 Å². The summed E-state index contributed by atoms with van der Waals surface area (Å²) >= 11 is 0. The summed E-state index contributed by atoms with van der Waals surface area (Å²) in [6.07, 6.45) is 1.34. The van der Waals surface area contributed by atoms with Gasteiger partial charge in [0.05, 0.1) is 18.3 Å². The maximum absolute atomic E-state index is 12.2. The minimum Gasteiger partial charge on any atom is -0.497 e. The highest BCUT2D eigenvalue weighted by Crippen LogP contribution is 2.39. The smallest absolute Gasteiger partial charge is 0.492 e. The summed E-state index contributed by atoms with van der Waals surface area (Å²) in [5, 5.41) is 2.78. The van der Waals surface area contributed by atoms with Gasteiger partial charge in [0, 0.05) is 17.8 Å². The lowest BCUT2D eigenvalue weighted by Crippen LogP contribution is -2.41. The van der Waals surface area contributed by atoms with Gasteiger partial charge < -0.3 is 29.8 Å². The number of rotatable bonds is 5. The van der Waals surface area contributed by atoms with Gasteiger partial charge in [0.2, 0.25) is 0 Å². The summed E-state index contributed by atoms with van der Waals surface area (Å²) < 4.78 is 23.0. The summed E-state index contributed by atoms with van der Waals surface area (Å²) in [6.45, 7) is 13.5. The number of carbonyl (C=O) groups excluding carboxylic acids is 1. The van der Waals surface area contributed by atoms with Crippen LogP contribution in [0.25, 0.3) is 6.08 Å². The molecule has 0 atom stereocenters. The average Bonchev–Trinajstić information content (AvgIpc) is 2.79. The van der Waals surface area contributed by atoms with Gasteiger partial charge >= 0.3 is 13.2 Å². The Morgan fingerprint density at radius 3 is 2.31 bits per heavy atom. The number of methoxy groups -OCH3 is 1. The molecule has 0 aromatic heterocycles. The van der Waals surface area contributed by atoms with Crippen LogP contribution in [0.3, 0.4) is 0 Å². The molecule has 1 aliphatic heterocycles. The fourth-order valence-corrected chi connectivity index (χ4v) is 2.69. The Hall–Kier alpha value is -2.19. The Labute approximate surface area is 174 Å². The second-order valence-electron chi connectivity index (χ2n) is 9.16. The first-order valence-electron chi connectivity index (χ1n) is 9.70. The van der Waals surface area contributed by atoms with Gasteiger partial charge in [0.1, 0.15) is 11.4 Å². The third-order valence-electron chi connectivity index (χ3n) is 5.03. The lowest BCUT2D eigenvalue weighted by molar-refractivity contribution is 0.00578. The van der Waals surface area contributed by atoms with Crippen LogP contribution in [0.4, 0.5) is 10.5 Å². The highest BCUT2D eigenvalue weighted by Gasteiger charge is 2.52. The molecule has 1 aromatic carbocycles. The van der Waals surface area contributed by atoms with Crippen LogP contribution in [-0.2, 0) is 14.0 Å². The van der Waals surface area contributed by atoms with Crippen LogP contribution >= 0.6 is 0 Å². The van der Waals surface area contributed by atoms with Gasteiger partial charge in [0.25, 0.3) is 0 Å². The van der Waals surface area contributed by atoms with Crippen LogP contribution in [0.15, 0.2) is 23.7 Å². The molecule has 2 rings (SSSR count). The first kappa shape index (κ1) is 23.1. The zero-order valence-corrected chi connectivity index (χ0v) is 18.7. The molecule has 0 bridgehead atoms. The number of benzene rings is 1. The van der Waals surface area contributed by atoms with Crippen molar-refractivity contribution in [3.8, 4) is 5.75 Å². The maximum atomic E-state index is 12.2. The number of alkyl carbamates (subject to hydrolysis) is 1. The largest absolute Gasteiger partial charge is 0.497 e. The van der Waals surface area contributed by atoms with Crippen LogP contribution in [0, 0.1) is 0 Å². The van der Waals surface area contributed by atoms with E-state index < -0.39 is 30.0 Å². The number of hydrogen-bond acceptors (Lipinski definition) is 6. The molecule has 1 aliphatic rings. The van der Waals surface area contributed by atoms with E-state index in [1.165, 1.54) is 0 Å². The van der Waals surface area contributed by atoms with Crippen molar-refractivity contribution in [2.75, 3.05) is 19.4 Å². The average molecular weight is 404 g/mol. The molecule has 0 radical (unpaired) electrons. The Bertz CT molecular complexity index is 768. The number of nitrogen functional groups attached to an aromatic ring is 1. The zero-order valence-electron chi connectivity index (χ0n) is 18.7. The highest BCUT2D eigenvalue weighted by molar-refractivity contribution is 6.56. The molecule has 3 N–H and O–H groups in total. The van der Waals surface area contributed by atoms with E-state index in [4.69, 9.17) is 24.5 Å². The number of anilines is 1. The molecule has 0 spiro atoms. The van der Waals surface area contributed by atoms with Crippen molar-refractivity contribution in [1.29, 1.82) is 0 Å². The van der Waals surface area contributed by atoms with E-state index in [9.17, 15) is 4.79 Å². The number of carbonyl (C=O) groups is 1. The predicted octanol–water partition coefficient (Wildman–Crippen LogP) is 3.82. The molecule has 160 valence electrons. The Morgan fingerprint density at radius 1 is 1.21 bits per heavy atom. The molecule has 0 aliphatic carbocycles. The molecule has 1 aromatic rings. The summed E-state index contributed by atoms with van der Waals surface area (Å²) in [7, 11) is 0.957. The predicted molar refractivity (Wildman–Crippen MR) is 116 cm³/mol. The summed E-state index contributed by atoms with van der Waals surface area (Å²) in [5.41, 5.74) is 6.58. The van der Waals surface area contributed by atoms with Gasteiger partial charge in [-0.25, -0.2) is 4.79 Å². The van der Waals surface area contributed by atoms with Crippen molar-refractivity contribution >= 4 is 25.0 Å². The molecule has 8 heteroatoms. The van der Waals surface area contributed by atoms with Crippen LogP contribution in [0.2, 0.25) is 0 Å². The van der Waals surface area contributed by atoms with Crippen LogP contribution < -0.4 is 15.8 Å². The molecular formula is C21H33BN2O5. The van der Waals surface area contributed by atoms with Crippen LogP contribution in [0.1, 0.15) is 54.0 Å². The van der Waals surface area contributed by atoms with E-state index in [2.05, 4.69) is 5.32 Å². The first-order chi connectivity index (χ1) is 13.2. The van der Waals surface area contributed by atoms with Gasteiger partial charge in [0.15, 0.2) is 0 Å². The number of ether oxygens (including phenoxy) is 2. The number of amides is 1. The lowest BCUT2D eigenvalue weighted by Gasteiger charge is -2.32. The van der Waals surface area contributed by atoms with E-state index >= 15 is 0 Å². The zero-order chi connectivity index (χ0) is 22.0. The monoisotopic (exact) mass is 404 g/mol. The Morgan fingerprint density at radius 2 is 1.79 bits per heavy atom. The van der Waals surface area contributed by atoms with Crippen molar-refractivity contribution in [2.45, 2.75) is 65.3 Å². The third-order valence-corrected chi connectivity index (χ3v) is 5.03. The van der Waals surface area contributed by atoms with E-state index in [1.54, 1.807) is 19.2 Å². The Kier molecular flexibility index (Phi) is 6.60. The molecule has 0 unspecified atom stereocenters. The second kappa shape index (κ2) is 8.28. The van der Waals surface area contributed by atoms with Gasteiger partial charge in [-0.3, -0.25) is 0 Å². The minimum absolute atomic E-state index is 0.183.